The SMILES string of the molecule is O=c1n(CC2(CS)CCCC2)nc2ccccn12. The van der Waals surface area contributed by atoms with E-state index in [2.05, 4.69) is 17.7 Å². The normalized spacial score (nSPS) is 18.5. The number of rotatable bonds is 3. The van der Waals surface area contributed by atoms with Crippen LogP contribution in [-0.4, -0.2) is 19.9 Å². The molecule has 0 N–H and O–H groups in total. The Hall–Kier alpha value is -1.23. The zero-order valence-corrected chi connectivity index (χ0v) is 11.1. The molecule has 0 aliphatic heterocycles. The highest BCUT2D eigenvalue weighted by atomic mass is 32.1. The van der Waals surface area contributed by atoms with Gasteiger partial charge in [-0.2, -0.15) is 12.6 Å². The first-order valence-electron chi connectivity index (χ1n) is 6.39. The molecule has 1 saturated carbocycles. The number of fused-ring (bicyclic) bond motifs is 1. The van der Waals surface area contributed by atoms with E-state index >= 15 is 0 Å². The van der Waals surface area contributed by atoms with Gasteiger partial charge in [0.25, 0.3) is 0 Å². The lowest BCUT2D eigenvalue weighted by molar-refractivity contribution is 0.272. The average molecular weight is 263 g/mol. The zero-order valence-electron chi connectivity index (χ0n) is 10.2. The van der Waals surface area contributed by atoms with Crippen molar-refractivity contribution in [3.05, 3.63) is 34.9 Å². The van der Waals surface area contributed by atoms with Crippen LogP contribution in [0, 0.1) is 5.41 Å². The second-order valence-corrected chi connectivity index (χ2v) is 5.55. The van der Waals surface area contributed by atoms with Gasteiger partial charge in [-0.15, -0.1) is 5.10 Å². The fourth-order valence-electron chi connectivity index (χ4n) is 2.88. The minimum absolute atomic E-state index is 0.0429. The van der Waals surface area contributed by atoms with E-state index in [1.165, 1.54) is 12.8 Å². The molecule has 1 aliphatic carbocycles. The summed E-state index contributed by atoms with van der Waals surface area (Å²) < 4.78 is 3.21. The second kappa shape index (κ2) is 4.46. The van der Waals surface area contributed by atoms with Gasteiger partial charge < -0.3 is 0 Å². The summed E-state index contributed by atoms with van der Waals surface area (Å²) in [5.41, 5.74) is 0.832. The summed E-state index contributed by atoms with van der Waals surface area (Å²) in [6.07, 6.45) is 6.54. The fourth-order valence-corrected chi connectivity index (χ4v) is 3.30. The van der Waals surface area contributed by atoms with Crippen LogP contribution >= 0.6 is 12.6 Å². The highest BCUT2D eigenvalue weighted by molar-refractivity contribution is 7.80. The smallest absolute Gasteiger partial charge is 0.250 e. The summed E-state index contributed by atoms with van der Waals surface area (Å²) in [4.78, 5) is 12.2. The Balaban J connectivity index is 2.00. The Bertz CT molecular complexity index is 610. The molecule has 0 bridgehead atoms. The Kier molecular flexibility index (Phi) is 2.93. The molecule has 18 heavy (non-hydrogen) atoms. The molecule has 1 aliphatic rings. The first-order valence-corrected chi connectivity index (χ1v) is 7.02. The van der Waals surface area contributed by atoms with Crippen LogP contribution in [0.4, 0.5) is 0 Å². The molecule has 0 saturated heterocycles. The topological polar surface area (TPSA) is 39.3 Å². The highest BCUT2D eigenvalue weighted by Crippen LogP contribution is 2.40. The van der Waals surface area contributed by atoms with Crippen LogP contribution in [0.1, 0.15) is 25.7 Å². The number of pyridine rings is 1. The Morgan fingerprint density at radius 2 is 2.11 bits per heavy atom. The monoisotopic (exact) mass is 263 g/mol. The third-order valence-corrected chi connectivity index (χ3v) is 4.64. The summed E-state index contributed by atoms with van der Waals surface area (Å²) in [7, 11) is 0. The molecule has 0 unspecified atom stereocenters. The summed E-state index contributed by atoms with van der Waals surface area (Å²) >= 11 is 4.48. The van der Waals surface area contributed by atoms with Gasteiger partial charge in [0.2, 0.25) is 0 Å². The van der Waals surface area contributed by atoms with E-state index in [-0.39, 0.29) is 11.1 Å². The lowest BCUT2D eigenvalue weighted by Gasteiger charge is -2.25. The zero-order chi connectivity index (χ0) is 12.6. The Labute approximate surface area is 111 Å². The number of aromatic nitrogens is 3. The fraction of sp³-hybridized carbons (Fsp3) is 0.538. The summed E-state index contributed by atoms with van der Waals surface area (Å²) in [5, 5.41) is 4.40. The van der Waals surface area contributed by atoms with E-state index in [1.54, 1.807) is 15.3 Å². The molecule has 2 heterocycles. The van der Waals surface area contributed by atoms with Crippen molar-refractivity contribution in [1.29, 1.82) is 0 Å². The average Bonchev–Trinajstić information content (AvgIpc) is 2.98. The molecule has 0 atom stereocenters. The van der Waals surface area contributed by atoms with Crippen molar-refractivity contribution in [3.63, 3.8) is 0 Å². The van der Waals surface area contributed by atoms with Crippen molar-refractivity contribution >= 4 is 18.3 Å². The van der Waals surface area contributed by atoms with Gasteiger partial charge in [0.05, 0.1) is 6.54 Å². The number of hydrogen-bond acceptors (Lipinski definition) is 3. The maximum Gasteiger partial charge on any atom is 0.350 e. The second-order valence-electron chi connectivity index (χ2n) is 5.23. The van der Waals surface area contributed by atoms with Crippen LogP contribution in [0.25, 0.3) is 5.65 Å². The summed E-state index contributed by atoms with van der Waals surface area (Å²) in [6.45, 7) is 0.691. The van der Waals surface area contributed by atoms with E-state index in [1.807, 2.05) is 18.2 Å². The lowest BCUT2D eigenvalue weighted by Crippen LogP contribution is -2.32. The molecule has 1 fully saturated rings. The van der Waals surface area contributed by atoms with Crippen molar-refractivity contribution in [2.75, 3.05) is 5.75 Å². The van der Waals surface area contributed by atoms with Crippen LogP contribution in [0.2, 0.25) is 0 Å². The van der Waals surface area contributed by atoms with Crippen molar-refractivity contribution in [3.8, 4) is 0 Å². The van der Waals surface area contributed by atoms with Gasteiger partial charge in [-0.05, 0) is 36.1 Å². The largest absolute Gasteiger partial charge is 0.350 e. The van der Waals surface area contributed by atoms with E-state index < -0.39 is 0 Å². The van der Waals surface area contributed by atoms with Crippen molar-refractivity contribution in [2.24, 2.45) is 5.41 Å². The maximum absolute atomic E-state index is 12.2. The third-order valence-electron chi connectivity index (χ3n) is 3.97. The molecule has 4 nitrogen and oxygen atoms in total. The standard InChI is InChI=1S/C13H17N3OS/c17-12-15-8-4-1-5-11(15)14-16(12)9-13(10-18)6-2-3-7-13/h1,4-5,8,18H,2-3,6-7,9-10H2. The molecule has 2 aromatic heterocycles. The molecule has 0 aromatic carbocycles. The summed E-state index contributed by atoms with van der Waals surface area (Å²) in [5.74, 6) is 0.827. The van der Waals surface area contributed by atoms with Crippen LogP contribution in [0.15, 0.2) is 29.2 Å². The molecule has 3 rings (SSSR count). The van der Waals surface area contributed by atoms with Crippen LogP contribution in [0.5, 0.6) is 0 Å². The molecular weight excluding hydrogens is 246 g/mol. The maximum atomic E-state index is 12.2. The van der Waals surface area contributed by atoms with Gasteiger partial charge in [0.15, 0.2) is 5.65 Å². The predicted molar refractivity (Wildman–Crippen MR) is 74.2 cm³/mol. The van der Waals surface area contributed by atoms with Gasteiger partial charge in [0.1, 0.15) is 0 Å². The quantitative estimate of drug-likeness (QED) is 0.860. The Morgan fingerprint density at radius 3 is 2.78 bits per heavy atom. The molecule has 0 amide bonds. The molecule has 0 radical (unpaired) electrons. The minimum Gasteiger partial charge on any atom is -0.250 e. The van der Waals surface area contributed by atoms with Crippen molar-refractivity contribution < 1.29 is 0 Å². The van der Waals surface area contributed by atoms with E-state index in [4.69, 9.17) is 0 Å². The van der Waals surface area contributed by atoms with Gasteiger partial charge in [-0.1, -0.05) is 18.9 Å². The minimum atomic E-state index is -0.0429. The van der Waals surface area contributed by atoms with E-state index in [0.29, 0.717) is 6.54 Å². The van der Waals surface area contributed by atoms with Gasteiger partial charge >= 0.3 is 5.69 Å². The molecule has 96 valence electrons. The highest BCUT2D eigenvalue weighted by Gasteiger charge is 2.33. The molecule has 0 spiro atoms. The molecular formula is C13H17N3OS. The summed E-state index contributed by atoms with van der Waals surface area (Å²) in [6, 6.07) is 5.61. The predicted octanol–water partition coefficient (Wildman–Crippen LogP) is 1.99. The third kappa shape index (κ3) is 1.86. The molecule has 2 aromatic rings. The first-order chi connectivity index (χ1) is 8.74. The van der Waals surface area contributed by atoms with Crippen molar-refractivity contribution in [2.45, 2.75) is 32.2 Å². The number of hydrogen-bond donors (Lipinski definition) is 1. The lowest BCUT2D eigenvalue weighted by atomic mass is 9.89. The van der Waals surface area contributed by atoms with Crippen LogP contribution in [0.3, 0.4) is 0 Å². The van der Waals surface area contributed by atoms with E-state index in [9.17, 15) is 4.79 Å². The molecule has 5 heteroatoms. The Morgan fingerprint density at radius 1 is 1.33 bits per heavy atom. The van der Waals surface area contributed by atoms with Gasteiger partial charge in [0, 0.05) is 6.20 Å². The van der Waals surface area contributed by atoms with Crippen LogP contribution < -0.4 is 5.69 Å². The number of thiol groups is 1. The number of nitrogens with zero attached hydrogens (tertiary/aromatic N) is 3. The van der Waals surface area contributed by atoms with E-state index in [0.717, 1.165) is 24.2 Å². The first kappa shape index (κ1) is 11.8. The van der Waals surface area contributed by atoms with Crippen LogP contribution in [-0.2, 0) is 6.54 Å². The van der Waals surface area contributed by atoms with Gasteiger partial charge in [-0.3, -0.25) is 4.40 Å². The van der Waals surface area contributed by atoms with Crippen molar-refractivity contribution in [1.82, 2.24) is 14.2 Å². The van der Waals surface area contributed by atoms with Gasteiger partial charge in [-0.25, -0.2) is 9.48 Å².